The second kappa shape index (κ2) is 7.44. The van der Waals surface area contributed by atoms with Gasteiger partial charge in [0, 0.05) is 12.6 Å². The third kappa shape index (κ3) is 4.85. The highest BCUT2D eigenvalue weighted by atomic mass is 16.6. The van der Waals surface area contributed by atoms with E-state index in [1.165, 1.54) is 12.1 Å². The number of anilines is 1. The van der Waals surface area contributed by atoms with Crippen LogP contribution >= 0.6 is 0 Å². The van der Waals surface area contributed by atoms with Crippen molar-refractivity contribution in [3.8, 4) is 0 Å². The zero-order valence-electron chi connectivity index (χ0n) is 11.5. The number of nitro benzene ring substituents is 1. The van der Waals surface area contributed by atoms with Crippen LogP contribution in [0.2, 0.25) is 0 Å². The molecule has 0 spiro atoms. The number of amides is 1. The number of rotatable bonds is 7. The number of para-hydroxylation sites is 2. The topological polar surface area (TPSA) is 104 Å². The maximum atomic E-state index is 11.6. The van der Waals surface area contributed by atoms with Gasteiger partial charge in [0.2, 0.25) is 5.91 Å². The van der Waals surface area contributed by atoms with Crippen molar-refractivity contribution >= 4 is 17.3 Å². The molecule has 0 saturated heterocycles. The summed E-state index contributed by atoms with van der Waals surface area (Å²) < 4.78 is 0. The number of hydrogen-bond acceptors (Lipinski definition) is 5. The molecule has 1 aromatic carbocycles. The molecule has 1 aromatic rings. The summed E-state index contributed by atoms with van der Waals surface area (Å²) in [7, 11) is 0. The van der Waals surface area contributed by atoms with Crippen molar-refractivity contribution in [2.75, 3.05) is 18.4 Å². The van der Waals surface area contributed by atoms with E-state index in [0.717, 1.165) is 0 Å². The van der Waals surface area contributed by atoms with E-state index in [2.05, 4.69) is 10.6 Å². The van der Waals surface area contributed by atoms with Crippen LogP contribution in [0.4, 0.5) is 11.4 Å². The first-order valence-corrected chi connectivity index (χ1v) is 6.34. The van der Waals surface area contributed by atoms with Gasteiger partial charge in [-0.2, -0.15) is 0 Å². The first-order chi connectivity index (χ1) is 9.41. The van der Waals surface area contributed by atoms with Gasteiger partial charge in [0.15, 0.2) is 0 Å². The SMILES string of the molecule is CC(C)C(O)CNC(=O)CNc1ccccc1[N+](=O)[O-]. The van der Waals surface area contributed by atoms with Crippen LogP contribution in [0.1, 0.15) is 13.8 Å². The molecule has 1 atom stereocenters. The van der Waals surface area contributed by atoms with Gasteiger partial charge < -0.3 is 15.7 Å². The Kier molecular flexibility index (Phi) is 5.92. The molecule has 1 amide bonds. The van der Waals surface area contributed by atoms with Gasteiger partial charge in [0.05, 0.1) is 17.6 Å². The quantitative estimate of drug-likeness (QED) is 0.513. The summed E-state index contributed by atoms with van der Waals surface area (Å²) in [5.74, 6) is -0.277. The molecule has 0 aliphatic carbocycles. The summed E-state index contributed by atoms with van der Waals surface area (Å²) in [5.41, 5.74) is 0.208. The van der Waals surface area contributed by atoms with E-state index in [4.69, 9.17) is 0 Å². The fourth-order valence-electron chi connectivity index (χ4n) is 1.47. The number of hydrogen-bond donors (Lipinski definition) is 3. The summed E-state index contributed by atoms with van der Waals surface area (Å²) in [6.45, 7) is 3.77. The first kappa shape index (κ1) is 15.9. The van der Waals surface area contributed by atoms with Crippen molar-refractivity contribution in [1.82, 2.24) is 5.32 Å². The maximum absolute atomic E-state index is 11.6. The second-order valence-corrected chi connectivity index (χ2v) is 4.74. The van der Waals surface area contributed by atoms with Gasteiger partial charge in [0.25, 0.3) is 5.69 Å². The maximum Gasteiger partial charge on any atom is 0.292 e. The van der Waals surface area contributed by atoms with Crippen molar-refractivity contribution in [3.05, 3.63) is 34.4 Å². The molecule has 0 heterocycles. The number of benzene rings is 1. The van der Waals surface area contributed by atoms with Crippen LogP contribution in [0.15, 0.2) is 24.3 Å². The minimum absolute atomic E-state index is 0.0541. The molecule has 0 saturated carbocycles. The van der Waals surface area contributed by atoms with Gasteiger partial charge in [-0.25, -0.2) is 0 Å². The molecule has 3 N–H and O–H groups in total. The Morgan fingerprint density at radius 2 is 2.05 bits per heavy atom. The Bertz CT molecular complexity index is 476. The lowest BCUT2D eigenvalue weighted by molar-refractivity contribution is -0.383. The largest absolute Gasteiger partial charge is 0.391 e. The van der Waals surface area contributed by atoms with Crippen molar-refractivity contribution in [3.63, 3.8) is 0 Å². The van der Waals surface area contributed by atoms with E-state index >= 15 is 0 Å². The third-order valence-corrected chi connectivity index (χ3v) is 2.82. The number of aliphatic hydroxyl groups excluding tert-OH is 1. The van der Waals surface area contributed by atoms with Crippen LogP contribution in [-0.2, 0) is 4.79 Å². The number of carbonyl (C=O) groups is 1. The Morgan fingerprint density at radius 3 is 2.65 bits per heavy atom. The standard InChI is InChI=1S/C13H19N3O4/c1-9(2)12(17)7-15-13(18)8-14-10-5-3-4-6-11(10)16(19)20/h3-6,9,12,14,17H,7-8H2,1-2H3,(H,15,18). The lowest BCUT2D eigenvalue weighted by Crippen LogP contribution is -2.37. The number of nitrogens with zero attached hydrogens (tertiary/aromatic N) is 1. The van der Waals surface area contributed by atoms with Crippen molar-refractivity contribution in [2.24, 2.45) is 5.92 Å². The lowest BCUT2D eigenvalue weighted by atomic mass is 10.1. The zero-order chi connectivity index (χ0) is 15.1. The Hall–Kier alpha value is -2.15. The number of nitro groups is 1. The van der Waals surface area contributed by atoms with Crippen LogP contribution in [0, 0.1) is 16.0 Å². The van der Waals surface area contributed by atoms with Crippen LogP contribution in [0.3, 0.4) is 0 Å². The molecule has 7 nitrogen and oxygen atoms in total. The van der Waals surface area contributed by atoms with Crippen molar-refractivity contribution in [1.29, 1.82) is 0 Å². The van der Waals surface area contributed by atoms with E-state index in [1.807, 2.05) is 13.8 Å². The van der Waals surface area contributed by atoms with E-state index < -0.39 is 11.0 Å². The molecule has 0 aromatic heterocycles. The second-order valence-electron chi connectivity index (χ2n) is 4.74. The molecular formula is C13H19N3O4. The molecule has 0 bridgehead atoms. The summed E-state index contributed by atoms with van der Waals surface area (Å²) >= 11 is 0. The molecule has 1 unspecified atom stereocenters. The Balaban J connectivity index is 2.47. The molecule has 0 aliphatic heterocycles. The Morgan fingerprint density at radius 1 is 1.40 bits per heavy atom. The lowest BCUT2D eigenvalue weighted by Gasteiger charge is -2.15. The monoisotopic (exact) mass is 281 g/mol. The van der Waals surface area contributed by atoms with E-state index in [-0.39, 0.29) is 36.3 Å². The van der Waals surface area contributed by atoms with Gasteiger partial charge in [-0.05, 0) is 12.0 Å². The van der Waals surface area contributed by atoms with Gasteiger partial charge >= 0.3 is 0 Å². The molecule has 110 valence electrons. The van der Waals surface area contributed by atoms with Crippen LogP contribution in [0.25, 0.3) is 0 Å². The van der Waals surface area contributed by atoms with Gasteiger partial charge in [-0.1, -0.05) is 26.0 Å². The number of carbonyl (C=O) groups excluding carboxylic acids is 1. The fourth-order valence-corrected chi connectivity index (χ4v) is 1.47. The van der Waals surface area contributed by atoms with Gasteiger partial charge in [-0.15, -0.1) is 0 Å². The minimum atomic E-state index is -0.606. The molecule has 0 fully saturated rings. The van der Waals surface area contributed by atoms with E-state index in [1.54, 1.807) is 12.1 Å². The summed E-state index contributed by atoms with van der Waals surface area (Å²) in [6.07, 6.45) is -0.606. The molecule has 0 aliphatic rings. The highest BCUT2D eigenvalue weighted by Gasteiger charge is 2.14. The molecule has 7 heteroatoms. The minimum Gasteiger partial charge on any atom is -0.391 e. The third-order valence-electron chi connectivity index (χ3n) is 2.82. The highest BCUT2D eigenvalue weighted by molar-refractivity contribution is 5.81. The summed E-state index contributed by atoms with van der Waals surface area (Å²) in [5, 5.41) is 25.6. The molecular weight excluding hydrogens is 262 g/mol. The summed E-state index contributed by atoms with van der Waals surface area (Å²) in [6, 6.07) is 6.11. The first-order valence-electron chi connectivity index (χ1n) is 6.34. The predicted molar refractivity (Wildman–Crippen MR) is 75.4 cm³/mol. The van der Waals surface area contributed by atoms with Crippen molar-refractivity contribution in [2.45, 2.75) is 20.0 Å². The highest BCUT2D eigenvalue weighted by Crippen LogP contribution is 2.22. The fraction of sp³-hybridized carbons (Fsp3) is 0.462. The van der Waals surface area contributed by atoms with Gasteiger partial charge in [0.1, 0.15) is 5.69 Å². The van der Waals surface area contributed by atoms with Gasteiger partial charge in [-0.3, -0.25) is 14.9 Å². The van der Waals surface area contributed by atoms with Crippen molar-refractivity contribution < 1.29 is 14.8 Å². The summed E-state index contributed by atoms with van der Waals surface area (Å²) in [4.78, 5) is 21.8. The van der Waals surface area contributed by atoms with Crippen LogP contribution in [0.5, 0.6) is 0 Å². The van der Waals surface area contributed by atoms with Crippen LogP contribution in [-0.4, -0.2) is 35.1 Å². The van der Waals surface area contributed by atoms with E-state index in [9.17, 15) is 20.0 Å². The molecule has 1 rings (SSSR count). The average molecular weight is 281 g/mol. The normalized spacial score (nSPS) is 12.0. The average Bonchev–Trinajstić information content (AvgIpc) is 2.42. The van der Waals surface area contributed by atoms with Crippen LogP contribution < -0.4 is 10.6 Å². The predicted octanol–water partition coefficient (Wildman–Crippen LogP) is 1.14. The molecule has 20 heavy (non-hydrogen) atoms. The number of nitrogens with one attached hydrogen (secondary N) is 2. The zero-order valence-corrected chi connectivity index (χ0v) is 11.5. The number of aliphatic hydroxyl groups is 1. The van der Waals surface area contributed by atoms with E-state index in [0.29, 0.717) is 0 Å². The Labute approximate surface area is 117 Å². The molecule has 0 radical (unpaired) electrons. The smallest absolute Gasteiger partial charge is 0.292 e.